The Morgan fingerprint density at radius 1 is 1.33 bits per heavy atom. The van der Waals surface area contributed by atoms with E-state index in [0.717, 1.165) is 11.3 Å². The largest absolute Gasteiger partial charge is 0.461 e. The summed E-state index contributed by atoms with van der Waals surface area (Å²) in [6.07, 6.45) is 4.21. The lowest BCUT2D eigenvalue weighted by Crippen LogP contribution is -2.20. The first-order chi connectivity index (χ1) is 12.8. The van der Waals surface area contributed by atoms with E-state index in [0.29, 0.717) is 20.4 Å². The summed E-state index contributed by atoms with van der Waals surface area (Å²) in [5, 5.41) is 11.3. The standard InChI is InChI=1S/C18H15N3O5S/c1-20(2)12-6-5-11(8-13(12)21(24)25)9-16-18(23)19-17(27-16)10-14(22)15-4-3-7-26-15/h3-10H,1-2H3,(H,19,23)/b16-9+,17-10-. The van der Waals surface area contributed by atoms with Gasteiger partial charge in [0.1, 0.15) is 5.69 Å². The highest BCUT2D eigenvalue weighted by Crippen LogP contribution is 2.27. The second kappa shape index (κ2) is 7.42. The molecular weight excluding hydrogens is 370 g/mol. The molecule has 138 valence electrons. The molecule has 1 aromatic carbocycles. The van der Waals surface area contributed by atoms with Crippen LogP contribution in [0.5, 0.6) is 0 Å². The Hall–Kier alpha value is -3.46. The molecule has 1 N–H and O–H groups in total. The number of nitro groups is 1. The maximum Gasteiger partial charge on any atom is 0.293 e. The van der Waals surface area contributed by atoms with Gasteiger partial charge >= 0.3 is 0 Å². The van der Waals surface area contributed by atoms with Gasteiger partial charge in [-0.2, -0.15) is 0 Å². The highest BCUT2D eigenvalue weighted by Gasteiger charge is 2.15. The molecule has 9 heteroatoms. The first kappa shape index (κ1) is 18.3. The van der Waals surface area contributed by atoms with Gasteiger partial charge in [-0.3, -0.25) is 19.7 Å². The number of thiazole rings is 1. The number of carbonyl (C=O) groups excluding carboxylic acids is 1. The van der Waals surface area contributed by atoms with Gasteiger partial charge in [-0.1, -0.05) is 6.07 Å². The van der Waals surface area contributed by atoms with Gasteiger partial charge in [0, 0.05) is 26.2 Å². The molecule has 0 aliphatic rings. The number of hydrogen-bond acceptors (Lipinski definition) is 7. The molecule has 0 atom stereocenters. The monoisotopic (exact) mass is 385 g/mol. The average Bonchev–Trinajstić information content (AvgIpc) is 3.25. The Bertz CT molecular complexity index is 1170. The molecule has 2 aromatic heterocycles. The van der Waals surface area contributed by atoms with Gasteiger partial charge in [0.05, 0.1) is 20.4 Å². The van der Waals surface area contributed by atoms with Crippen LogP contribution >= 0.6 is 11.3 Å². The van der Waals surface area contributed by atoms with Gasteiger partial charge in [0.25, 0.3) is 11.2 Å². The van der Waals surface area contributed by atoms with Crippen LogP contribution in [-0.2, 0) is 0 Å². The predicted molar refractivity (Wildman–Crippen MR) is 103 cm³/mol. The molecule has 2 heterocycles. The summed E-state index contributed by atoms with van der Waals surface area (Å²) in [7, 11) is 3.43. The van der Waals surface area contributed by atoms with E-state index < -0.39 is 4.92 Å². The number of anilines is 1. The van der Waals surface area contributed by atoms with Crippen LogP contribution < -0.4 is 19.7 Å². The van der Waals surface area contributed by atoms with Gasteiger partial charge in [-0.05, 0) is 29.8 Å². The van der Waals surface area contributed by atoms with E-state index in [2.05, 4.69) is 4.98 Å². The number of nitro benzene ring substituents is 1. The van der Waals surface area contributed by atoms with E-state index in [1.165, 1.54) is 24.5 Å². The number of Topliss-reactive ketones (excluding diaryl/α,β-unsaturated/α-hetero) is 1. The minimum Gasteiger partial charge on any atom is -0.461 e. The van der Waals surface area contributed by atoms with Gasteiger partial charge in [-0.15, -0.1) is 11.3 Å². The fourth-order valence-corrected chi connectivity index (χ4v) is 3.32. The molecule has 0 aliphatic carbocycles. The number of carbonyl (C=O) groups is 1. The van der Waals surface area contributed by atoms with Crippen molar-refractivity contribution in [3.05, 3.63) is 77.6 Å². The van der Waals surface area contributed by atoms with Crippen LogP contribution in [0.2, 0.25) is 0 Å². The third-order valence-corrected chi connectivity index (χ3v) is 4.65. The van der Waals surface area contributed by atoms with Gasteiger partial charge in [0.2, 0.25) is 5.78 Å². The molecule has 8 nitrogen and oxygen atoms in total. The SMILES string of the molecule is CN(C)c1ccc(/C=c2/s/c(=C\C(=O)c3ccco3)[nH]c2=O)cc1[N+](=O)[O-]. The van der Waals surface area contributed by atoms with Crippen molar-refractivity contribution in [2.45, 2.75) is 0 Å². The molecule has 27 heavy (non-hydrogen) atoms. The Morgan fingerprint density at radius 2 is 2.11 bits per heavy atom. The first-order valence-electron chi connectivity index (χ1n) is 7.81. The molecule has 0 saturated heterocycles. The zero-order valence-corrected chi connectivity index (χ0v) is 15.3. The predicted octanol–water partition coefficient (Wildman–Crippen LogP) is 1.50. The minimum atomic E-state index is -0.466. The summed E-state index contributed by atoms with van der Waals surface area (Å²) >= 11 is 1.08. The van der Waals surface area contributed by atoms with E-state index in [1.54, 1.807) is 43.3 Å². The number of nitrogens with one attached hydrogen (secondary N) is 1. The van der Waals surface area contributed by atoms with Crippen LogP contribution in [-0.4, -0.2) is 29.8 Å². The molecule has 0 saturated carbocycles. The van der Waals surface area contributed by atoms with E-state index in [9.17, 15) is 19.7 Å². The van der Waals surface area contributed by atoms with Crippen molar-refractivity contribution in [3.63, 3.8) is 0 Å². The molecule has 3 rings (SSSR count). The molecular formula is C18H15N3O5S. The van der Waals surface area contributed by atoms with E-state index in [-0.39, 0.29) is 22.8 Å². The summed E-state index contributed by atoms with van der Waals surface area (Å²) in [5.41, 5.74) is 0.554. The van der Waals surface area contributed by atoms with Crippen LogP contribution in [0.1, 0.15) is 16.1 Å². The minimum absolute atomic E-state index is 0.0542. The number of nitrogens with zero attached hydrogens (tertiary/aromatic N) is 2. The van der Waals surface area contributed by atoms with Crippen LogP contribution in [0, 0.1) is 10.1 Å². The van der Waals surface area contributed by atoms with Gasteiger partial charge < -0.3 is 14.3 Å². The first-order valence-corrected chi connectivity index (χ1v) is 8.63. The highest BCUT2D eigenvalue weighted by atomic mass is 32.1. The summed E-state index contributed by atoms with van der Waals surface area (Å²) in [6, 6.07) is 7.86. The lowest BCUT2D eigenvalue weighted by Gasteiger charge is -2.12. The summed E-state index contributed by atoms with van der Waals surface area (Å²) < 4.78 is 5.72. The zero-order chi connectivity index (χ0) is 19.6. The molecule has 0 fully saturated rings. The third kappa shape index (κ3) is 4.04. The fourth-order valence-electron chi connectivity index (χ4n) is 2.44. The number of rotatable bonds is 5. The van der Waals surface area contributed by atoms with Crippen LogP contribution in [0.25, 0.3) is 12.2 Å². The summed E-state index contributed by atoms with van der Waals surface area (Å²) in [5.74, 6) is -0.195. The summed E-state index contributed by atoms with van der Waals surface area (Å²) in [4.78, 5) is 39.2. The number of aromatic amines is 1. The molecule has 0 aliphatic heterocycles. The van der Waals surface area contributed by atoms with E-state index in [4.69, 9.17) is 4.42 Å². The van der Waals surface area contributed by atoms with Crippen molar-refractivity contribution in [1.29, 1.82) is 0 Å². The van der Waals surface area contributed by atoms with Crippen LogP contribution in [0.4, 0.5) is 11.4 Å². The number of benzene rings is 1. The van der Waals surface area contributed by atoms with Crippen molar-refractivity contribution in [1.82, 2.24) is 4.98 Å². The number of ketones is 1. The molecule has 0 unspecified atom stereocenters. The van der Waals surface area contributed by atoms with E-state index in [1.807, 2.05) is 0 Å². The average molecular weight is 385 g/mol. The van der Waals surface area contributed by atoms with Crippen molar-refractivity contribution < 1.29 is 14.1 Å². The fraction of sp³-hybridized carbons (Fsp3) is 0.111. The second-order valence-corrected chi connectivity index (χ2v) is 6.90. The Balaban J connectivity index is 2.03. The topological polar surface area (TPSA) is 109 Å². The number of hydrogen-bond donors (Lipinski definition) is 1. The highest BCUT2D eigenvalue weighted by molar-refractivity contribution is 7.07. The quantitative estimate of drug-likeness (QED) is 0.405. The maximum atomic E-state index is 12.1. The van der Waals surface area contributed by atoms with Gasteiger partial charge in [0.15, 0.2) is 5.76 Å². The number of furan rings is 1. The molecule has 3 aromatic rings. The lowest BCUT2D eigenvalue weighted by molar-refractivity contribution is -0.384. The smallest absolute Gasteiger partial charge is 0.293 e. The molecule has 0 amide bonds. The van der Waals surface area contributed by atoms with Gasteiger partial charge in [-0.25, -0.2) is 0 Å². The molecule has 0 radical (unpaired) electrons. The Morgan fingerprint density at radius 3 is 2.74 bits per heavy atom. The van der Waals surface area contributed by atoms with Crippen molar-refractivity contribution in [2.24, 2.45) is 0 Å². The summed E-state index contributed by atoms with van der Waals surface area (Å²) in [6.45, 7) is 0. The van der Waals surface area contributed by atoms with Crippen molar-refractivity contribution in [2.75, 3.05) is 19.0 Å². The second-order valence-electron chi connectivity index (χ2n) is 5.81. The molecule has 0 spiro atoms. The van der Waals surface area contributed by atoms with Crippen molar-refractivity contribution >= 4 is 40.6 Å². The van der Waals surface area contributed by atoms with Crippen LogP contribution in [0.3, 0.4) is 0 Å². The number of H-pyrrole nitrogens is 1. The Kier molecular flexibility index (Phi) is 5.04. The normalized spacial score (nSPS) is 12.4. The lowest BCUT2D eigenvalue weighted by atomic mass is 10.1. The van der Waals surface area contributed by atoms with E-state index >= 15 is 0 Å². The van der Waals surface area contributed by atoms with Crippen LogP contribution in [0.15, 0.2) is 45.8 Å². The zero-order valence-electron chi connectivity index (χ0n) is 14.5. The number of aromatic nitrogens is 1. The molecule has 0 bridgehead atoms. The Labute approximate surface area is 156 Å². The third-order valence-electron chi connectivity index (χ3n) is 3.68. The van der Waals surface area contributed by atoms with Crippen molar-refractivity contribution in [3.8, 4) is 0 Å². The maximum absolute atomic E-state index is 12.1.